The molecule has 1 aliphatic heterocycles. The minimum Gasteiger partial charge on any atom is -0.486 e. The average Bonchev–Trinajstić information content (AvgIpc) is 2.77. The van der Waals surface area contributed by atoms with Crippen molar-refractivity contribution in [1.82, 2.24) is 4.90 Å². The summed E-state index contributed by atoms with van der Waals surface area (Å²) in [6.07, 6.45) is 8.23. The van der Waals surface area contributed by atoms with Gasteiger partial charge in [-0.2, -0.15) is 0 Å². The lowest BCUT2D eigenvalue weighted by Gasteiger charge is -2.29. The van der Waals surface area contributed by atoms with Crippen LogP contribution < -0.4 is 9.47 Å². The van der Waals surface area contributed by atoms with Crippen LogP contribution in [0.3, 0.4) is 0 Å². The third-order valence-corrected chi connectivity index (χ3v) is 4.52. The summed E-state index contributed by atoms with van der Waals surface area (Å²) in [7, 11) is 2.25. The first-order chi connectivity index (χ1) is 9.84. The Morgan fingerprint density at radius 3 is 2.60 bits per heavy atom. The van der Waals surface area contributed by atoms with Crippen LogP contribution in [0, 0.1) is 0 Å². The van der Waals surface area contributed by atoms with Gasteiger partial charge in [-0.25, -0.2) is 0 Å². The lowest BCUT2D eigenvalue weighted by Crippen LogP contribution is -2.31. The zero-order valence-corrected chi connectivity index (χ0v) is 12.4. The average molecular weight is 275 g/mol. The molecule has 0 unspecified atom stereocenters. The standard InChI is InChI=1S/C17H25NO2/c1-18(15-8-4-2-3-5-9-15)13-14-7-6-10-16-17(14)20-12-11-19-16/h6-7,10,15H,2-5,8-9,11-13H2,1H3. The number of para-hydroxylation sites is 1. The van der Waals surface area contributed by atoms with Gasteiger partial charge in [-0.3, -0.25) is 4.90 Å². The number of nitrogens with zero attached hydrogens (tertiary/aromatic N) is 1. The number of ether oxygens (including phenoxy) is 2. The highest BCUT2D eigenvalue weighted by Gasteiger charge is 2.20. The molecule has 0 aromatic heterocycles. The second kappa shape index (κ2) is 6.49. The van der Waals surface area contributed by atoms with Crippen molar-refractivity contribution < 1.29 is 9.47 Å². The lowest BCUT2D eigenvalue weighted by atomic mass is 10.1. The molecule has 0 saturated heterocycles. The quantitative estimate of drug-likeness (QED) is 0.787. The Kier molecular flexibility index (Phi) is 4.46. The van der Waals surface area contributed by atoms with Crippen molar-refractivity contribution in [2.24, 2.45) is 0 Å². The van der Waals surface area contributed by atoms with E-state index >= 15 is 0 Å². The van der Waals surface area contributed by atoms with Crippen molar-refractivity contribution in [3.05, 3.63) is 23.8 Å². The molecule has 0 radical (unpaired) electrons. The third-order valence-electron chi connectivity index (χ3n) is 4.52. The van der Waals surface area contributed by atoms with E-state index < -0.39 is 0 Å². The third kappa shape index (κ3) is 3.09. The molecule has 1 aliphatic carbocycles. The summed E-state index contributed by atoms with van der Waals surface area (Å²) < 4.78 is 11.5. The van der Waals surface area contributed by atoms with Crippen LogP contribution in [0.15, 0.2) is 18.2 Å². The van der Waals surface area contributed by atoms with Crippen LogP contribution in [0.5, 0.6) is 11.5 Å². The van der Waals surface area contributed by atoms with E-state index in [0.29, 0.717) is 13.2 Å². The molecule has 3 heteroatoms. The zero-order valence-electron chi connectivity index (χ0n) is 12.4. The minimum absolute atomic E-state index is 0.662. The highest BCUT2D eigenvalue weighted by Crippen LogP contribution is 2.34. The largest absolute Gasteiger partial charge is 0.486 e. The van der Waals surface area contributed by atoms with Crippen LogP contribution in [0.4, 0.5) is 0 Å². The van der Waals surface area contributed by atoms with Crippen LogP contribution in [0.2, 0.25) is 0 Å². The number of hydrogen-bond donors (Lipinski definition) is 0. The van der Waals surface area contributed by atoms with E-state index in [1.54, 1.807) is 0 Å². The molecule has 0 N–H and O–H groups in total. The minimum atomic E-state index is 0.662. The molecule has 3 rings (SSSR count). The van der Waals surface area contributed by atoms with Gasteiger partial charge in [0.2, 0.25) is 0 Å². The predicted molar refractivity (Wildman–Crippen MR) is 80.4 cm³/mol. The van der Waals surface area contributed by atoms with Crippen molar-refractivity contribution in [2.45, 2.75) is 51.1 Å². The molecule has 3 nitrogen and oxygen atoms in total. The fourth-order valence-electron chi connectivity index (χ4n) is 3.36. The molecule has 0 amide bonds. The van der Waals surface area contributed by atoms with Gasteiger partial charge in [0.05, 0.1) is 0 Å². The Balaban J connectivity index is 1.70. The molecular weight excluding hydrogens is 250 g/mol. The zero-order chi connectivity index (χ0) is 13.8. The Hall–Kier alpha value is -1.22. The molecule has 20 heavy (non-hydrogen) atoms. The van der Waals surface area contributed by atoms with E-state index in [2.05, 4.69) is 24.1 Å². The molecule has 1 aromatic carbocycles. The summed E-state index contributed by atoms with van der Waals surface area (Å²) in [5.74, 6) is 1.86. The highest BCUT2D eigenvalue weighted by atomic mass is 16.6. The lowest BCUT2D eigenvalue weighted by molar-refractivity contribution is 0.163. The summed E-state index contributed by atoms with van der Waals surface area (Å²) >= 11 is 0. The first kappa shape index (κ1) is 13.7. The molecule has 2 aliphatic rings. The van der Waals surface area contributed by atoms with Gasteiger partial charge in [-0.15, -0.1) is 0 Å². The van der Waals surface area contributed by atoms with Crippen LogP contribution in [-0.2, 0) is 6.54 Å². The van der Waals surface area contributed by atoms with Crippen LogP contribution in [0.1, 0.15) is 44.1 Å². The van der Waals surface area contributed by atoms with E-state index in [4.69, 9.17) is 9.47 Å². The van der Waals surface area contributed by atoms with E-state index in [0.717, 1.165) is 24.1 Å². The molecule has 1 aromatic rings. The highest BCUT2D eigenvalue weighted by molar-refractivity contribution is 5.47. The maximum Gasteiger partial charge on any atom is 0.165 e. The summed E-state index contributed by atoms with van der Waals surface area (Å²) in [5.41, 5.74) is 1.26. The predicted octanol–water partition coefficient (Wildman–Crippen LogP) is 3.61. The van der Waals surface area contributed by atoms with E-state index in [1.807, 2.05) is 6.07 Å². The van der Waals surface area contributed by atoms with E-state index in [-0.39, 0.29) is 0 Å². The van der Waals surface area contributed by atoms with Gasteiger partial charge in [0.1, 0.15) is 13.2 Å². The van der Waals surface area contributed by atoms with Gasteiger partial charge in [0.25, 0.3) is 0 Å². The van der Waals surface area contributed by atoms with Gasteiger partial charge in [-0.1, -0.05) is 37.8 Å². The number of hydrogen-bond acceptors (Lipinski definition) is 3. The number of benzene rings is 1. The SMILES string of the molecule is CN(Cc1cccc2c1OCCO2)C1CCCCCC1. The number of fused-ring (bicyclic) bond motifs is 1. The molecule has 0 spiro atoms. The molecule has 1 heterocycles. The molecule has 1 saturated carbocycles. The fraction of sp³-hybridized carbons (Fsp3) is 0.647. The Bertz CT molecular complexity index is 439. The van der Waals surface area contributed by atoms with Gasteiger partial charge < -0.3 is 9.47 Å². The van der Waals surface area contributed by atoms with Crippen molar-refractivity contribution in [1.29, 1.82) is 0 Å². The normalized spacial score (nSPS) is 19.9. The monoisotopic (exact) mass is 275 g/mol. The first-order valence-electron chi connectivity index (χ1n) is 7.92. The Labute approximate surface area is 121 Å². The smallest absolute Gasteiger partial charge is 0.165 e. The van der Waals surface area contributed by atoms with E-state index in [1.165, 1.54) is 44.1 Å². The summed E-state index contributed by atoms with van der Waals surface area (Å²) in [6, 6.07) is 6.96. The van der Waals surface area contributed by atoms with Crippen molar-refractivity contribution in [3.63, 3.8) is 0 Å². The Morgan fingerprint density at radius 2 is 1.80 bits per heavy atom. The molecule has 0 bridgehead atoms. The molecule has 1 fully saturated rings. The summed E-state index contributed by atoms with van der Waals surface area (Å²) in [4.78, 5) is 2.50. The fourth-order valence-corrected chi connectivity index (χ4v) is 3.36. The van der Waals surface area contributed by atoms with Crippen molar-refractivity contribution in [2.75, 3.05) is 20.3 Å². The second-order valence-electron chi connectivity index (χ2n) is 6.00. The maximum atomic E-state index is 5.82. The van der Waals surface area contributed by atoms with Crippen LogP contribution in [0.25, 0.3) is 0 Å². The van der Waals surface area contributed by atoms with Gasteiger partial charge in [0, 0.05) is 18.2 Å². The van der Waals surface area contributed by atoms with Crippen molar-refractivity contribution in [3.8, 4) is 11.5 Å². The second-order valence-corrected chi connectivity index (χ2v) is 6.00. The van der Waals surface area contributed by atoms with Crippen LogP contribution >= 0.6 is 0 Å². The molecule has 0 atom stereocenters. The van der Waals surface area contributed by atoms with Gasteiger partial charge in [0.15, 0.2) is 11.5 Å². The topological polar surface area (TPSA) is 21.7 Å². The molecule has 110 valence electrons. The molecular formula is C17H25NO2. The van der Waals surface area contributed by atoms with Crippen LogP contribution in [-0.4, -0.2) is 31.2 Å². The Morgan fingerprint density at radius 1 is 1.05 bits per heavy atom. The van der Waals surface area contributed by atoms with E-state index in [9.17, 15) is 0 Å². The maximum absolute atomic E-state index is 5.82. The summed E-state index contributed by atoms with van der Waals surface area (Å²) in [5, 5.41) is 0. The number of rotatable bonds is 3. The van der Waals surface area contributed by atoms with Crippen molar-refractivity contribution >= 4 is 0 Å². The van der Waals surface area contributed by atoms with Gasteiger partial charge >= 0.3 is 0 Å². The first-order valence-corrected chi connectivity index (χ1v) is 7.92. The van der Waals surface area contributed by atoms with Gasteiger partial charge in [-0.05, 0) is 26.0 Å². The summed E-state index contributed by atoms with van der Waals surface area (Å²) in [6.45, 7) is 2.28.